The van der Waals surface area contributed by atoms with Gasteiger partial charge in [-0.05, 0) is 30.9 Å². The minimum absolute atomic E-state index is 0.0400. The summed E-state index contributed by atoms with van der Waals surface area (Å²) in [5.41, 5.74) is 0.588. The molecule has 0 spiro atoms. The highest BCUT2D eigenvalue weighted by molar-refractivity contribution is 5.76. The van der Waals surface area contributed by atoms with Gasteiger partial charge in [-0.15, -0.1) is 0 Å². The molecule has 0 heterocycles. The summed E-state index contributed by atoms with van der Waals surface area (Å²) in [6, 6.07) is 6.56. The second kappa shape index (κ2) is 10.4. The molecule has 0 aliphatic heterocycles. The van der Waals surface area contributed by atoms with Gasteiger partial charge in [0.2, 0.25) is 5.91 Å². The molecule has 0 unspecified atom stereocenters. The lowest BCUT2D eigenvalue weighted by Gasteiger charge is -2.06. The van der Waals surface area contributed by atoms with E-state index in [1.165, 1.54) is 6.07 Å². The first kappa shape index (κ1) is 16.6. The molecule has 0 saturated heterocycles. The lowest BCUT2D eigenvalue weighted by atomic mass is 10.1. The summed E-state index contributed by atoms with van der Waals surface area (Å²) in [7, 11) is 0. The zero-order valence-corrected chi connectivity index (χ0v) is 12.2. The Balaban J connectivity index is 2.05. The number of carbonyl (C=O) groups is 1. The van der Waals surface area contributed by atoms with Crippen molar-refractivity contribution in [3.63, 3.8) is 0 Å². The highest BCUT2D eigenvalue weighted by Crippen LogP contribution is 2.08. The summed E-state index contributed by atoms with van der Waals surface area (Å²) >= 11 is 0. The minimum Gasteiger partial charge on any atom is -0.381 e. The Morgan fingerprint density at radius 3 is 2.75 bits per heavy atom. The highest BCUT2D eigenvalue weighted by Gasteiger charge is 2.05. The summed E-state index contributed by atoms with van der Waals surface area (Å²) in [6.07, 6.45) is 3.78. The quantitative estimate of drug-likeness (QED) is 0.669. The Morgan fingerprint density at radius 1 is 1.25 bits per heavy atom. The third kappa shape index (κ3) is 7.24. The summed E-state index contributed by atoms with van der Waals surface area (Å²) in [5, 5.41) is 2.82. The van der Waals surface area contributed by atoms with Gasteiger partial charge in [0.25, 0.3) is 0 Å². The Morgan fingerprint density at radius 2 is 2.00 bits per heavy atom. The Kier molecular flexibility index (Phi) is 8.63. The molecule has 1 aromatic rings. The van der Waals surface area contributed by atoms with Gasteiger partial charge in [-0.25, -0.2) is 4.39 Å². The molecule has 3 nitrogen and oxygen atoms in total. The molecule has 4 heteroatoms. The van der Waals surface area contributed by atoms with Gasteiger partial charge < -0.3 is 10.1 Å². The Bertz CT molecular complexity index is 396. The lowest BCUT2D eigenvalue weighted by molar-refractivity contribution is -0.121. The zero-order chi connectivity index (χ0) is 14.6. The van der Waals surface area contributed by atoms with E-state index in [4.69, 9.17) is 4.74 Å². The summed E-state index contributed by atoms with van der Waals surface area (Å²) < 4.78 is 18.7. The maximum absolute atomic E-state index is 13.3. The van der Waals surface area contributed by atoms with E-state index in [0.717, 1.165) is 25.9 Å². The van der Waals surface area contributed by atoms with Gasteiger partial charge in [0.1, 0.15) is 5.82 Å². The fourth-order valence-corrected chi connectivity index (χ4v) is 1.79. The maximum Gasteiger partial charge on any atom is 0.220 e. The molecular formula is C16H24FNO2. The van der Waals surface area contributed by atoms with Crippen LogP contribution in [0.4, 0.5) is 4.39 Å². The average molecular weight is 281 g/mol. The number of hydrogen-bond acceptors (Lipinski definition) is 2. The highest BCUT2D eigenvalue weighted by atomic mass is 19.1. The largest absolute Gasteiger partial charge is 0.381 e. The number of aryl methyl sites for hydroxylation is 1. The molecule has 0 aliphatic carbocycles. The molecule has 112 valence electrons. The normalized spacial score (nSPS) is 10.5. The van der Waals surface area contributed by atoms with E-state index >= 15 is 0 Å². The van der Waals surface area contributed by atoms with Gasteiger partial charge in [0, 0.05) is 26.2 Å². The molecule has 0 saturated carbocycles. The van der Waals surface area contributed by atoms with Crippen molar-refractivity contribution in [2.45, 2.75) is 39.0 Å². The van der Waals surface area contributed by atoms with E-state index in [1.807, 2.05) is 0 Å². The number of rotatable bonds is 10. The van der Waals surface area contributed by atoms with E-state index in [0.29, 0.717) is 31.6 Å². The van der Waals surface area contributed by atoms with Crippen LogP contribution < -0.4 is 5.32 Å². The number of unbranched alkanes of at least 4 members (excludes halogenated alkanes) is 1. The second-order valence-electron chi connectivity index (χ2n) is 4.76. The Labute approximate surface area is 120 Å². The van der Waals surface area contributed by atoms with Crippen molar-refractivity contribution >= 4 is 5.91 Å². The standard InChI is InChI=1S/C16H24FNO2/c1-2-3-12-20-13-6-11-18-16(19)10-9-14-7-4-5-8-15(14)17/h4-5,7-8H,2-3,6,9-13H2,1H3,(H,18,19). The van der Waals surface area contributed by atoms with Crippen LogP contribution in [0.5, 0.6) is 0 Å². The molecule has 0 atom stereocenters. The first-order valence-electron chi connectivity index (χ1n) is 7.32. The number of nitrogens with one attached hydrogen (secondary N) is 1. The van der Waals surface area contributed by atoms with Crippen molar-refractivity contribution in [2.24, 2.45) is 0 Å². The number of halogens is 1. The predicted octanol–water partition coefficient (Wildman–Crippen LogP) is 3.08. The van der Waals surface area contributed by atoms with Crippen LogP contribution in [-0.4, -0.2) is 25.7 Å². The molecule has 20 heavy (non-hydrogen) atoms. The molecule has 0 radical (unpaired) electrons. The van der Waals surface area contributed by atoms with Crippen molar-refractivity contribution in [1.82, 2.24) is 5.32 Å². The fourth-order valence-electron chi connectivity index (χ4n) is 1.79. The van der Waals surface area contributed by atoms with Crippen molar-refractivity contribution in [1.29, 1.82) is 0 Å². The zero-order valence-electron chi connectivity index (χ0n) is 12.2. The van der Waals surface area contributed by atoms with Gasteiger partial charge in [0.05, 0.1) is 0 Å². The van der Waals surface area contributed by atoms with Crippen molar-refractivity contribution in [3.8, 4) is 0 Å². The van der Waals surface area contributed by atoms with Crippen molar-refractivity contribution < 1.29 is 13.9 Å². The number of benzene rings is 1. The van der Waals surface area contributed by atoms with Crippen LogP contribution in [-0.2, 0) is 16.0 Å². The fraction of sp³-hybridized carbons (Fsp3) is 0.562. The van der Waals surface area contributed by atoms with Crippen LogP contribution in [0.15, 0.2) is 24.3 Å². The second-order valence-corrected chi connectivity index (χ2v) is 4.76. The van der Waals surface area contributed by atoms with Gasteiger partial charge in [0.15, 0.2) is 0 Å². The van der Waals surface area contributed by atoms with E-state index in [2.05, 4.69) is 12.2 Å². The van der Waals surface area contributed by atoms with Gasteiger partial charge >= 0.3 is 0 Å². The predicted molar refractivity (Wildman–Crippen MR) is 78.1 cm³/mol. The number of ether oxygens (including phenoxy) is 1. The Hall–Kier alpha value is -1.42. The maximum atomic E-state index is 13.3. The monoisotopic (exact) mass is 281 g/mol. The minimum atomic E-state index is -0.246. The summed E-state index contributed by atoms with van der Waals surface area (Å²) in [4.78, 5) is 11.6. The van der Waals surface area contributed by atoms with E-state index < -0.39 is 0 Å². The molecular weight excluding hydrogens is 257 g/mol. The molecule has 1 amide bonds. The third-order valence-corrected chi connectivity index (χ3v) is 3.01. The number of carbonyl (C=O) groups excluding carboxylic acids is 1. The average Bonchev–Trinajstić information content (AvgIpc) is 2.45. The topological polar surface area (TPSA) is 38.3 Å². The van der Waals surface area contributed by atoms with Gasteiger partial charge in [-0.2, -0.15) is 0 Å². The SMILES string of the molecule is CCCCOCCCNC(=O)CCc1ccccc1F. The molecule has 0 fully saturated rings. The van der Waals surface area contributed by atoms with E-state index in [-0.39, 0.29) is 11.7 Å². The lowest BCUT2D eigenvalue weighted by Crippen LogP contribution is -2.25. The van der Waals surface area contributed by atoms with Crippen molar-refractivity contribution in [3.05, 3.63) is 35.6 Å². The molecule has 1 aromatic carbocycles. The molecule has 0 bridgehead atoms. The van der Waals surface area contributed by atoms with Crippen LogP contribution >= 0.6 is 0 Å². The number of hydrogen-bond donors (Lipinski definition) is 1. The van der Waals surface area contributed by atoms with Crippen molar-refractivity contribution in [2.75, 3.05) is 19.8 Å². The van der Waals surface area contributed by atoms with Crippen LogP contribution in [0, 0.1) is 5.82 Å². The first-order valence-corrected chi connectivity index (χ1v) is 7.32. The smallest absolute Gasteiger partial charge is 0.220 e. The van der Waals surface area contributed by atoms with E-state index in [9.17, 15) is 9.18 Å². The summed E-state index contributed by atoms with van der Waals surface area (Å²) in [5.74, 6) is -0.286. The molecule has 1 N–H and O–H groups in total. The van der Waals surface area contributed by atoms with Crippen LogP contribution in [0.25, 0.3) is 0 Å². The summed E-state index contributed by atoms with van der Waals surface area (Å²) in [6.45, 7) is 4.20. The first-order chi connectivity index (χ1) is 9.74. The number of amides is 1. The van der Waals surface area contributed by atoms with E-state index in [1.54, 1.807) is 18.2 Å². The third-order valence-electron chi connectivity index (χ3n) is 3.01. The van der Waals surface area contributed by atoms with Crippen LogP contribution in [0.1, 0.15) is 38.2 Å². The van der Waals surface area contributed by atoms with Gasteiger partial charge in [-0.3, -0.25) is 4.79 Å². The van der Waals surface area contributed by atoms with Crippen LogP contribution in [0.3, 0.4) is 0 Å². The molecule has 1 rings (SSSR count). The van der Waals surface area contributed by atoms with Crippen LogP contribution in [0.2, 0.25) is 0 Å². The molecule has 0 aliphatic rings. The molecule has 0 aromatic heterocycles. The van der Waals surface area contributed by atoms with Gasteiger partial charge in [-0.1, -0.05) is 31.5 Å².